The maximum atomic E-state index is 12.7. The van der Waals surface area contributed by atoms with Crippen LogP contribution in [0.1, 0.15) is 15.9 Å². The first-order valence-corrected chi connectivity index (χ1v) is 9.36. The lowest BCUT2D eigenvalue weighted by atomic mass is 10.2. The van der Waals surface area contributed by atoms with Gasteiger partial charge in [0.25, 0.3) is 5.91 Å². The van der Waals surface area contributed by atoms with E-state index in [9.17, 15) is 13.2 Å². The Morgan fingerprint density at radius 3 is 2.68 bits per heavy atom. The van der Waals surface area contributed by atoms with Gasteiger partial charge in [-0.25, -0.2) is 8.42 Å². The van der Waals surface area contributed by atoms with E-state index in [0.717, 1.165) is 5.56 Å². The van der Waals surface area contributed by atoms with Crippen molar-refractivity contribution in [1.82, 2.24) is 4.31 Å². The summed E-state index contributed by atoms with van der Waals surface area (Å²) < 4.78 is 33.9. The fourth-order valence-electron chi connectivity index (χ4n) is 2.72. The lowest BCUT2D eigenvalue weighted by molar-refractivity contribution is -0.688. The highest BCUT2D eigenvalue weighted by molar-refractivity contribution is 7.89. The molecular weight excluding hydrogens is 342 g/mol. The average Bonchev–Trinajstić information content (AvgIpc) is 2.63. The van der Waals surface area contributed by atoms with Crippen LogP contribution in [0.15, 0.2) is 53.7 Å². The normalized spacial score (nSPS) is 15.8. The number of amides is 1. The molecule has 2 heterocycles. The fourth-order valence-corrected chi connectivity index (χ4v) is 4.20. The second-order valence-corrected chi connectivity index (χ2v) is 7.73. The summed E-state index contributed by atoms with van der Waals surface area (Å²) in [7, 11) is -3.53. The number of hydrogen-bond donors (Lipinski definition) is 1. The Hall–Kier alpha value is -2.29. The Bertz CT molecular complexity index is 877. The van der Waals surface area contributed by atoms with Crippen LogP contribution in [0.25, 0.3) is 0 Å². The van der Waals surface area contributed by atoms with Gasteiger partial charge in [0.05, 0.1) is 18.1 Å². The Labute approximate surface area is 146 Å². The highest BCUT2D eigenvalue weighted by Gasteiger charge is 2.26. The molecule has 1 aliphatic rings. The number of aromatic nitrogens is 1. The number of morpholine rings is 1. The Kier molecular flexibility index (Phi) is 5.12. The number of hydrogen-bond acceptors (Lipinski definition) is 4. The molecule has 1 aromatic heterocycles. The number of primary amides is 1. The minimum Gasteiger partial charge on any atom is -0.379 e. The van der Waals surface area contributed by atoms with Gasteiger partial charge in [0.1, 0.15) is 5.56 Å². The summed E-state index contributed by atoms with van der Waals surface area (Å²) in [6.07, 6.45) is 3.45. The number of nitrogens with two attached hydrogens (primary N) is 1. The van der Waals surface area contributed by atoms with E-state index < -0.39 is 15.9 Å². The van der Waals surface area contributed by atoms with Crippen LogP contribution in [0, 0.1) is 0 Å². The molecule has 1 amide bonds. The SMILES string of the molecule is NC(=O)c1ccc[n+](Cc2cccc(S(=O)(=O)N3CCOCC3)c2)c1. The van der Waals surface area contributed by atoms with Crippen LogP contribution < -0.4 is 10.3 Å². The number of carbonyl (C=O) groups excluding carboxylic acids is 1. The van der Waals surface area contributed by atoms with E-state index in [0.29, 0.717) is 38.4 Å². The Morgan fingerprint density at radius 1 is 1.20 bits per heavy atom. The Balaban J connectivity index is 1.84. The van der Waals surface area contributed by atoms with Gasteiger partial charge in [-0.2, -0.15) is 8.87 Å². The van der Waals surface area contributed by atoms with Gasteiger partial charge >= 0.3 is 0 Å². The maximum Gasteiger partial charge on any atom is 0.254 e. The third-order valence-electron chi connectivity index (χ3n) is 4.01. The molecule has 3 rings (SSSR count). The third-order valence-corrected chi connectivity index (χ3v) is 5.91. The molecule has 1 aromatic carbocycles. The van der Waals surface area contributed by atoms with Crippen molar-refractivity contribution in [3.63, 3.8) is 0 Å². The number of benzene rings is 1. The molecule has 0 atom stereocenters. The van der Waals surface area contributed by atoms with Crippen LogP contribution in [0.4, 0.5) is 0 Å². The van der Waals surface area contributed by atoms with E-state index in [2.05, 4.69) is 0 Å². The smallest absolute Gasteiger partial charge is 0.254 e. The number of nitrogens with zero attached hydrogens (tertiary/aromatic N) is 2. The molecule has 0 aliphatic carbocycles. The topological polar surface area (TPSA) is 93.6 Å². The maximum absolute atomic E-state index is 12.7. The van der Waals surface area contributed by atoms with E-state index >= 15 is 0 Å². The number of sulfonamides is 1. The third kappa shape index (κ3) is 4.04. The number of ether oxygens (including phenoxy) is 1. The zero-order chi connectivity index (χ0) is 17.9. The highest BCUT2D eigenvalue weighted by atomic mass is 32.2. The molecule has 0 bridgehead atoms. The summed E-state index contributed by atoms with van der Waals surface area (Å²) >= 11 is 0. The second kappa shape index (κ2) is 7.30. The van der Waals surface area contributed by atoms with Crippen molar-refractivity contribution in [2.45, 2.75) is 11.4 Å². The van der Waals surface area contributed by atoms with E-state index in [1.54, 1.807) is 47.3 Å². The molecule has 0 radical (unpaired) electrons. The van der Waals surface area contributed by atoms with Crippen molar-refractivity contribution in [3.8, 4) is 0 Å². The summed E-state index contributed by atoms with van der Waals surface area (Å²) in [5, 5.41) is 0. The molecule has 0 spiro atoms. The van der Waals surface area contributed by atoms with Crippen LogP contribution in [0.2, 0.25) is 0 Å². The van der Waals surface area contributed by atoms with Gasteiger partial charge in [0.15, 0.2) is 18.9 Å². The largest absolute Gasteiger partial charge is 0.379 e. The standard InChI is InChI=1S/C17H19N3O4S/c18-17(21)15-4-2-6-19(13-15)12-14-3-1-5-16(11-14)25(22,23)20-7-9-24-10-8-20/h1-6,11,13H,7-10,12H2,(H-,18,21)/p+1. The van der Waals surface area contributed by atoms with Crippen molar-refractivity contribution in [2.75, 3.05) is 26.3 Å². The van der Waals surface area contributed by atoms with Gasteiger partial charge in [-0.3, -0.25) is 4.79 Å². The molecule has 7 nitrogen and oxygen atoms in total. The molecular formula is C17H20N3O4S+. The summed E-state index contributed by atoms with van der Waals surface area (Å²) in [5.74, 6) is -0.502. The fraction of sp³-hybridized carbons (Fsp3) is 0.294. The van der Waals surface area contributed by atoms with E-state index in [-0.39, 0.29) is 4.90 Å². The van der Waals surface area contributed by atoms with Gasteiger partial charge in [-0.1, -0.05) is 12.1 Å². The minimum atomic E-state index is -3.53. The predicted molar refractivity (Wildman–Crippen MR) is 90.3 cm³/mol. The predicted octanol–water partition coefficient (Wildman–Crippen LogP) is 0.142. The van der Waals surface area contributed by atoms with Gasteiger partial charge in [-0.05, 0) is 18.2 Å². The van der Waals surface area contributed by atoms with Gasteiger partial charge in [0.2, 0.25) is 10.0 Å². The summed E-state index contributed by atoms with van der Waals surface area (Å²) in [6, 6.07) is 10.2. The van der Waals surface area contributed by atoms with Gasteiger partial charge in [0, 0.05) is 24.7 Å². The monoisotopic (exact) mass is 362 g/mol. The van der Waals surface area contributed by atoms with Crippen LogP contribution in [-0.4, -0.2) is 44.9 Å². The lowest BCUT2D eigenvalue weighted by Gasteiger charge is -2.26. The molecule has 25 heavy (non-hydrogen) atoms. The minimum absolute atomic E-state index is 0.263. The summed E-state index contributed by atoms with van der Waals surface area (Å²) in [4.78, 5) is 11.5. The molecule has 0 saturated carbocycles. The molecule has 2 aromatic rings. The molecule has 1 fully saturated rings. The first kappa shape index (κ1) is 17.5. The van der Waals surface area contributed by atoms with E-state index in [1.165, 1.54) is 4.31 Å². The summed E-state index contributed by atoms with van der Waals surface area (Å²) in [5.41, 5.74) is 6.52. The number of carbonyl (C=O) groups is 1. The van der Waals surface area contributed by atoms with Crippen molar-refractivity contribution < 1.29 is 22.5 Å². The lowest BCUT2D eigenvalue weighted by Crippen LogP contribution is -2.40. The quantitative estimate of drug-likeness (QED) is 0.766. The molecule has 1 aliphatic heterocycles. The van der Waals surface area contributed by atoms with Crippen molar-refractivity contribution >= 4 is 15.9 Å². The first-order valence-electron chi connectivity index (χ1n) is 7.92. The van der Waals surface area contributed by atoms with Crippen LogP contribution in [-0.2, 0) is 21.3 Å². The zero-order valence-corrected chi connectivity index (χ0v) is 14.5. The molecule has 1 saturated heterocycles. The highest BCUT2D eigenvalue weighted by Crippen LogP contribution is 2.18. The van der Waals surface area contributed by atoms with Crippen molar-refractivity contribution in [3.05, 3.63) is 59.9 Å². The molecule has 8 heteroatoms. The van der Waals surface area contributed by atoms with Crippen LogP contribution >= 0.6 is 0 Å². The first-order chi connectivity index (χ1) is 12.0. The summed E-state index contributed by atoms with van der Waals surface area (Å²) in [6.45, 7) is 1.99. The van der Waals surface area contributed by atoms with Crippen LogP contribution in [0.5, 0.6) is 0 Å². The Morgan fingerprint density at radius 2 is 1.96 bits per heavy atom. The van der Waals surface area contributed by atoms with Crippen molar-refractivity contribution in [2.24, 2.45) is 5.73 Å². The average molecular weight is 362 g/mol. The molecule has 2 N–H and O–H groups in total. The van der Waals surface area contributed by atoms with Gasteiger partial charge in [-0.15, -0.1) is 0 Å². The van der Waals surface area contributed by atoms with E-state index in [1.807, 2.05) is 6.07 Å². The van der Waals surface area contributed by atoms with Crippen molar-refractivity contribution in [1.29, 1.82) is 0 Å². The molecule has 0 unspecified atom stereocenters. The van der Waals surface area contributed by atoms with Gasteiger partial charge < -0.3 is 10.5 Å². The second-order valence-electron chi connectivity index (χ2n) is 5.79. The van der Waals surface area contributed by atoms with E-state index in [4.69, 9.17) is 10.5 Å². The molecule has 132 valence electrons. The zero-order valence-electron chi connectivity index (χ0n) is 13.7. The van der Waals surface area contributed by atoms with Crippen LogP contribution in [0.3, 0.4) is 0 Å². The number of pyridine rings is 1. The number of rotatable bonds is 5.